The van der Waals surface area contributed by atoms with E-state index in [-0.39, 0.29) is 29.9 Å². The van der Waals surface area contributed by atoms with Crippen LogP contribution in [0.2, 0.25) is 0 Å². The van der Waals surface area contributed by atoms with Gasteiger partial charge in [0.1, 0.15) is 9.84 Å². The molecule has 0 fully saturated rings. The molecule has 0 unspecified atom stereocenters. The third-order valence-corrected chi connectivity index (χ3v) is 6.55. The second-order valence-electron chi connectivity index (χ2n) is 7.05. The van der Waals surface area contributed by atoms with Crippen LogP contribution in [0.15, 0.2) is 29.4 Å². The molecule has 1 aliphatic rings. The van der Waals surface area contributed by atoms with Crippen molar-refractivity contribution in [2.24, 2.45) is 5.11 Å². The van der Waals surface area contributed by atoms with Crippen LogP contribution in [0.4, 0.5) is 0 Å². The first-order valence-corrected chi connectivity index (χ1v) is 12.1. The summed E-state index contributed by atoms with van der Waals surface area (Å²) in [5.41, 5.74) is 8.97. The van der Waals surface area contributed by atoms with E-state index < -0.39 is 9.84 Å². The Morgan fingerprint density at radius 1 is 0.871 bits per heavy atom. The fourth-order valence-corrected chi connectivity index (χ4v) is 4.57. The molecular weight excluding hydrogens is 424 g/mol. The molecule has 0 spiro atoms. The van der Waals surface area contributed by atoms with Crippen LogP contribution in [0.3, 0.4) is 0 Å². The zero-order chi connectivity index (χ0) is 22.5. The highest BCUT2D eigenvalue weighted by molar-refractivity contribution is 7.91. The Kier molecular flexibility index (Phi) is 10.5. The maximum Gasteiger partial charge on any atom is 0.261 e. The Bertz CT molecular complexity index is 864. The molecule has 1 aliphatic heterocycles. The minimum atomic E-state index is -3.16. The third kappa shape index (κ3) is 8.29. The van der Waals surface area contributed by atoms with Crippen molar-refractivity contribution >= 4 is 21.7 Å². The molecule has 1 aromatic carbocycles. The first kappa shape index (κ1) is 24.8. The Balaban J connectivity index is 1.52. The zero-order valence-corrected chi connectivity index (χ0v) is 18.3. The maximum atomic E-state index is 12.3. The van der Waals surface area contributed by atoms with Crippen LogP contribution in [0.1, 0.15) is 46.4 Å². The predicted molar refractivity (Wildman–Crippen MR) is 115 cm³/mol. The monoisotopic (exact) mass is 452 g/mol. The van der Waals surface area contributed by atoms with E-state index in [1.165, 1.54) is 4.90 Å². The van der Waals surface area contributed by atoms with E-state index in [2.05, 4.69) is 10.0 Å². The minimum Gasteiger partial charge on any atom is -0.379 e. The molecule has 0 aliphatic carbocycles. The summed E-state index contributed by atoms with van der Waals surface area (Å²) in [6.07, 6.45) is 2.10. The van der Waals surface area contributed by atoms with Crippen LogP contribution in [-0.2, 0) is 19.3 Å². The summed E-state index contributed by atoms with van der Waals surface area (Å²) in [5.74, 6) is -0.426. The smallest absolute Gasteiger partial charge is 0.261 e. The molecule has 0 radical (unpaired) electrons. The lowest BCUT2D eigenvalue weighted by Gasteiger charge is -2.13. The van der Waals surface area contributed by atoms with Gasteiger partial charge in [-0.1, -0.05) is 23.7 Å². The molecule has 31 heavy (non-hydrogen) atoms. The number of benzene rings is 1. The largest absolute Gasteiger partial charge is 0.379 e. The van der Waals surface area contributed by atoms with Crippen LogP contribution in [0.25, 0.3) is 10.4 Å². The molecule has 0 bridgehead atoms. The number of hydrogen-bond donors (Lipinski definition) is 0. The fraction of sp³-hybridized carbons (Fsp3) is 0.600. The van der Waals surface area contributed by atoms with Gasteiger partial charge in [-0.25, -0.2) is 8.42 Å². The van der Waals surface area contributed by atoms with Gasteiger partial charge in [-0.15, -0.1) is 0 Å². The molecule has 0 aromatic heterocycles. The maximum absolute atomic E-state index is 12.3. The van der Waals surface area contributed by atoms with Crippen LogP contribution >= 0.6 is 0 Å². The Hall–Kier alpha value is -2.46. The molecule has 170 valence electrons. The van der Waals surface area contributed by atoms with Crippen molar-refractivity contribution in [2.45, 2.75) is 25.7 Å². The molecule has 1 aromatic rings. The molecule has 0 N–H and O–H groups in total. The van der Waals surface area contributed by atoms with Crippen LogP contribution in [0.5, 0.6) is 0 Å². The minimum absolute atomic E-state index is 0.0587. The van der Waals surface area contributed by atoms with E-state index >= 15 is 0 Å². The van der Waals surface area contributed by atoms with Gasteiger partial charge in [-0.05, 0) is 36.9 Å². The summed E-state index contributed by atoms with van der Waals surface area (Å²) in [6.45, 7) is 1.95. The highest BCUT2D eigenvalue weighted by Gasteiger charge is 2.34. The highest BCUT2D eigenvalue weighted by Crippen LogP contribution is 2.22. The number of azide groups is 1. The first-order valence-electron chi connectivity index (χ1n) is 10.3. The van der Waals surface area contributed by atoms with Gasteiger partial charge in [0.25, 0.3) is 11.8 Å². The summed E-state index contributed by atoms with van der Waals surface area (Å²) in [7, 11) is -3.16. The van der Waals surface area contributed by atoms with E-state index in [1.807, 2.05) is 0 Å². The van der Waals surface area contributed by atoms with Crippen molar-refractivity contribution in [1.82, 2.24) is 4.90 Å². The lowest BCUT2D eigenvalue weighted by Crippen LogP contribution is -2.30. The second-order valence-corrected chi connectivity index (χ2v) is 9.36. The average Bonchev–Trinajstić information content (AvgIpc) is 2.99. The number of fused-ring (bicyclic) bond motifs is 1. The molecule has 0 saturated carbocycles. The number of ether oxygens (including phenoxy) is 2. The van der Waals surface area contributed by atoms with Gasteiger partial charge in [0.05, 0.1) is 42.5 Å². The number of unbranched alkanes of at least 4 members (excludes halogenated alkanes) is 2. The summed E-state index contributed by atoms with van der Waals surface area (Å²) in [5, 5.41) is 3.33. The molecular formula is C20H28N4O6S. The lowest BCUT2D eigenvalue weighted by atomic mass is 10.1. The number of rotatable bonds is 16. The number of amides is 2. The average molecular weight is 453 g/mol. The van der Waals surface area contributed by atoms with Crippen molar-refractivity contribution in [1.29, 1.82) is 0 Å². The Labute approximate surface area is 182 Å². The molecule has 11 heteroatoms. The SMILES string of the molecule is [N-]=[N+]=NCCOCCOCCCS(=O)(=O)CCCCCN1C(=O)c2ccccc2C1=O. The number of carbonyl (C=O) groups excluding carboxylic acids is 2. The van der Waals surface area contributed by atoms with Gasteiger partial charge in [-0.3, -0.25) is 14.5 Å². The number of sulfone groups is 1. The van der Waals surface area contributed by atoms with Crippen molar-refractivity contribution in [3.63, 3.8) is 0 Å². The van der Waals surface area contributed by atoms with Crippen LogP contribution < -0.4 is 0 Å². The standard InChI is InChI=1S/C20H28N4O6S/c21-23-22-9-12-30-14-13-29-11-6-16-31(27,28)15-5-1-4-10-24-19(25)17-7-2-3-8-18(17)20(24)26/h2-3,7-8H,1,4-6,9-16H2. The predicted octanol–water partition coefficient (Wildman–Crippen LogP) is 2.60. The Morgan fingerprint density at radius 2 is 1.48 bits per heavy atom. The quantitative estimate of drug-likeness (QED) is 0.124. The van der Waals surface area contributed by atoms with E-state index in [9.17, 15) is 18.0 Å². The topological polar surface area (TPSA) is 139 Å². The molecule has 1 heterocycles. The van der Waals surface area contributed by atoms with Gasteiger partial charge in [-0.2, -0.15) is 0 Å². The Morgan fingerprint density at radius 3 is 2.13 bits per heavy atom. The van der Waals surface area contributed by atoms with Gasteiger partial charge < -0.3 is 9.47 Å². The van der Waals surface area contributed by atoms with Gasteiger partial charge >= 0.3 is 0 Å². The molecule has 0 saturated heterocycles. The van der Waals surface area contributed by atoms with Crippen molar-refractivity contribution in [3.8, 4) is 0 Å². The molecule has 2 rings (SSSR count). The third-order valence-electron chi connectivity index (χ3n) is 4.73. The van der Waals surface area contributed by atoms with Crippen LogP contribution in [-0.4, -0.2) is 76.2 Å². The summed E-state index contributed by atoms with van der Waals surface area (Å²) < 4.78 is 34.7. The molecule has 10 nitrogen and oxygen atoms in total. The van der Waals surface area contributed by atoms with Crippen molar-refractivity contribution in [2.75, 3.05) is 51.0 Å². The zero-order valence-electron chi connectivity index (χ0n) is 17.4. The molecule has 2 amide bonds. The van der Waals surface area contributed by atoms with Crippen LogP contribution in [0, 0.1) is 0 Å². The van der Waals surface area contributed by atoms with Crippen molar-refractivity contribution < 1.29 is 27.5 Å². The first-order chi connectivity index (χ1) is 15.0. The normalized spacial score (nSPS) is 13.4. The highest BCUT2D eigenvalue weighted by atomic mass is 32.2. The van der Waals surface area contributed by atoms with Gasteiger partial charge in [0.2, 0.25) is 0 Å². The second kappa shape index (κ2) is 13.1. The molecule has 0 atom stereocenters. The lowest BCUT2D eigenvalue weighted by molar-refractivity contribution is 0.0512. The summed E-state index contributed by atoms with van der Waals surface area (Å²) >= 11 is 0. The van der Waals surface area contributed by atoms with E-state index in [0.29, 0.717) is 69.8 Å². The van der Waals surface area contributed by atoms with Crippen molar-refractivity contribution in [3.05, 3.63) is 45.8 Å². The van der Waals surface area contributed by atoms with Gasteiger partial charge in [0, 0.05) is 24.6 Å². The summed E-state index contributed by atoms with van der Waals surface area (Å²) in [6, 6.07) is 6.74. The number of imide groups is 1. The summed E-state index contributed by atoms with van der Waals surface area (Å²) in [4.78, 5) is 28.4. The van der Waals surface area contributed by atoms with Gasteiger partial charge in [0.15, 0.2) is 0 Å². The van der Waals surface area contributed by atoms with E-state index in [0.717, 1.165) is 0 Å². The fourth-order valence-electron chi connectivity index (χ4n) is 3.17. The number of nitrogens with zero attached hydrogens (tertiary/aromatic N) is 4. The number of hydrogen-bond acceptors (Lipinski definition) is 7. The number of carbonyl (C=O) groups is 2. The van der Waals surface area contributed by atoms with E-state index in [4.69, 9.17) is 15.0 Å². The van der Waals surface area contributed by atoms with E-state index in [1.54, 1.807) is 24.3 Å².